The van der Waals surface area contributed by atoms with Gasteiger partial charge in [-0.15, -0.1) is 0 Å². The van der Waals surface area contributed by atoms with Crippen molar-refractivity contribution in [3.05, 3.63) is 83.4 Å². The van der Waals surface area contributed by atoms with Crippen molar-refractivity contribution in [2.45, 2.75) is 19.9 Å². The van der Waals surface area contributed by atoms with E-state index >= 15 is 0 Å². The van der Waals surface area contributed by atoms with E-state index in [2.05, 4.69) is 5.32 Å². The maximum Gasteiger partial charge on any atom is 0.243 e. The Hall–Kier alpha value is -3.23. The van der Waals surface area contributed by atoms with Crippen LogP contribution in [-0.2, 0) is 14.8 Å². The zero-order valence-electron chi connectivity index (χ0n) is 19.2. The number of aryl methyl sites for hydroxylation is 1. The van der Waals surface area contributed by atoms with Crippen molar-refractivity contribution >= 4 is 33.2 Å². The van der Waals surface area contributed by atoms with Gasteiger partial charge in [-0.2, -0.15) is 0 Å². The summed E-state index contributed by atoms with van der Waals surface area (Å²) < 4.78 is 37.4. The Balaban J connectivity index is 1.61. The van der Waals surface area contributed by atoms with Crippen molar-refractivity contribution in [1.29, 1.82) is 0 Å². The highest BCUT2D eigenvalue weighted by atomic mass is 35.5. The number of ether oxygens (including phenoxy) is 2. The number of nitrogens with one attached hydrogen (secondary N) is 1. The number of sulfonamides is 1. The number of carbonyl (C=O) groups excluding carboxylic acids is 1. The summed E-state index contributed by atoms with van der Waals surface area (Å²) in [6.07, 6.45) is 1.06. The first-order valence-corrected chi connectivity index (χ1v) is 12.9. The summed E-state index contributed by atoms with van der Waals surface area (Å²) in [7, 11) is -3.73. The minimum absolute atomic E-state index is 0.204. The molecule has 0 aromatic heterocycles. The molecule has 3 rings (SSSR count). The molecular weight excluding hydrogens is 476 g/mol. The van der Waals surface area contributed by atoms with Gasteiger partial charge in [0, 0.05) is 5.02 Å². The second kappa shape index (κ2) is 11.3. The average molecular weight is 503 g/mol. The second-order valence-corrected chi connectivity index (χ2v) is 9.96. The van der Waals surface area contributed by atoms with Crippen molar-refractivity contribution in [2.24, 2.45) is 0 Å². The summed E-state index contributed by atoms with van der Waals surface area (Å²) in [6.45, 7) is 3.84. The maximum atomic E-state index is 12.7. The topological polar surface area (TPSA) is 84.9 Å². The van der Waals surface area contributed by atoms with Crippen LogP contribution in [0.4, 0.5) is 5.69 Å². The molecule has 0 bridgehead atoms. The number of hydrogen-bond donors (Lipinski definition) is 1. The molecule has 1 amide bonds. The molecule has 180 valence electrons. The maximum absolute atomic E-state index is 12.7. The van der Waals surface area contributed by atoms with E-state index in [4.69, 9.17) is 21.1 Å². The van der Waals surface area contributed by atoms with Crippen LogP contribution < -0.4 is 19.1 Å². The van der Waals surface area contributed by atoms with Crippen LogP contribution in [0.15, 0.2) is 72.8 Å². The van der Waals surface area contributed by atoms with E-state index in [0.717, 1.165) is 16.1 Å². The normalized spacial score (nSPS) is 12.0. The summed E-state index contributed by atoms with van der Waals surface area (Å²) in [5, 5.41) is 3.31. The molecular formula is C25H27ClN2O5S. The molecule has 0 aliphatic rings. The van der Waals surface area contributed by atoms with Crippen molar-refractivity contribution in [2.75, 3.05) is 23.7 Å². The smallest absolute Gasteiger partial charge is 0.243 e. The molecule has 0 saturated heterocycles. The van der Waals surface area contributed by atoms with Crippen LogP contribution in [-0.4, -0.2) is 39.8 Å². The first-order valence-electron chi connectivity index (χ1n) is 10.6. The summed E-state index contributed by atoms with van der Waals surface area (Å²) in [4.78, 5) is 12.7. The fourth-order valence-corrected chi connectivity index (χ4v) is 4.59. The lowest BCUT2D eigenvalue weighted by atomic mass is 10.2. The first kappa shape index (κ1) is 25.4. The molecule has 0 unspecified atom stereocenters. The lowest BCUT2D eigenvalue weighted by molar-refractivity contribution is -0.121. The number of para-hydroxylation sites is 1. The Bertz CT molecular complexity index is 1220. The lowest BCUT2D eigenvalue weighted by Crippen LogP contribution is -2.48. The minimum atomic E-state index is -3.73. The number of anilines is 1. The highest BCUT2D eigenvalue weighted by Gasteiger charge is 2.29. The third-order valence-electron chi connectivity index (χ3n) is 4.97. The summed E-state index contributed by atoms with van der Waals surface area (Å²) in [6, 6.07) is 20.1. The molecule has 3 aromatic rings. The van der Waals surface area contributed by atoms with E-state index < -0.39 is 22.0 Å². The standard InChI is InChI=1S/C25H27ClN2O5S/c1-18-9-12-23(17-24(18)26)32-16-15-27-25(29)19(2)28(34(3,30)31)20-10-13-22(14-11-20)33-21-7-5-4-6-8-21/h4-14,17,19H,15-16H2,1-3H3,(H,27,29)/t19-/m1/s1. The van der Waals surface area contributed by atoms with Crippen molar-refractivity contribution in [3.63, 3.8) is 0 Å². The zero-order valence-corrected chi connectivity index (χ0v) is 20.8. The monoisotopic (exact) mass is 502 g/mol. The van der Waals surface area contributed by atoms with Crippen LogP contribution in [0, 0.1) is 6.92 Å². The molecule has 0 aliphatic heterocycles. The van der Waals surface area contributed by atoms with Crippen LogP contribution in [0.25, 0.3) is 0 Å². The molecule has 0 saturated carbocycles. The molecule has 34 heavy (non-hydrogen) atoms. The minimum Gasteiger partial charge on any atom is -0.492 e. The summed E-state index contributed by atoms with van der Waals surface area (Å²) in [5.41, 5.74) is 1.30. The van der Waals surface area contributed by atoms with Gasteiger partial charge in [-0.25, -0.2) is 8.42 Å². The third kappa shape index (κ3) is 6.88. The number of benzene rings is 3. The van der Waals surface area contributed by atoms with E-state index in [1.54, 1.807) is 36.4 Å². The third-order valence-corrected chi connectivity index (χ3v) is 6.62. The molecule has 1 N–H and O–H groups in total. The van der Waals surface area contributed by atoms with E-state index in [1.165, 1.54) is 6.92 Å². The molecule has 0 fully saturated rings. The molecule has 1 atom stereocenters. The Morgan fingerprint density at radius 3 is 2.24 bits per heavy atom. The highest BCUT2D eigenvalue weighted by Crippen LogP contribution is 2.27. The quantitative estimate of drug-likeness (QED) is 0.403. The highest BCUT2D eigenvalue weighted by molar-refractivity contribution is 7.92. The first-order chi connectivity index (χ1) is 16.1. The van der Waals surface area contributed by atoms with E-state index in [-0.39, 0.29) is 13.2 Å². The van der Waals surface area contributed by atoms with Gasteiger partial charge in [-0.05, 0) is 67.9 Å². The van der Waals surface area contributed by atoms with E-state index in [1.807, 2.05) is 43.3 Å². The van der Waals surface area contributed by atoms with Gasteiger partial charge in [0.25, 0.3) is 0 Å². The molecule has 0 radical (unpaired) electrons. The second-order valence-electron chi connectivity index (χ2n) is 7.69. The van der Waals surface area contributed by atoms with Crippen LogP contribution in [0.5, 0.6) is 17.2 Å². The number of carbonyl (C=O) groups is 1. The molecule has 3 aromatic carbocycles. The SMILES string of the molecule is Cc1ccc(OCCNC(=O)[C@@H](C)N(c2ccc(Oc3ccccc3)cc2)S(C)(=O)=O)cc1Cl. The number of nitrogens with zero attached hydrogens (tertiary/aromatic N) is 1. The number of halogens is 1. The largest absolute Gasteiger partial charge is 0.492 e. The fourth-order valence-electron chi connectivity index (χ4n) is 3.25. The van der Waals surface area contributed by atoms with E-state index in [0.29, 0.717) is 28.0 Å². The van der Waals surface area contributed by atoms with Gasteiger partial charge in [0.15, 0.2) is 0 Å². The van der Waals surface area contributed by atoms with Gasteiger partial charge in [-0.1, -0.05) is 35.9 Å². The molecule has 7 nitrogen and oxygen atoms in total. The molecule has 9 heteroatoms. The fraction of sp³-hybridized carbons (Fsp3) is 0.240. The predicted molar refractivity (Wildman–Crippen MR) is 134 cm³/mol. The van der Waals surface area contributed by atoms with E-state index in [9.17, 15) is 13.2 Å². The number of hydrogen-bond acceptors (Lipinski definition) is 5. The van der Waals surface area contributed by atoms with Crippen LogP contribution in [0.2, 0.25) is 5.02 Å². The average Bonchev–Trinajstić information content (AvgIpc) is 2.80. The summed E-state index contributed by atoms with van der Waals surface area (Å²) in [5.74, 6) is 1.36. The Labute approximate surface area is 205 Å². The Morgan fingerprint density at radius 2 is 1.62 bits per heavy atom. The van der Waals surface area contributed by atoms with Gasteiger partial charge in [-0.3, -0.25) is 9.10 Å². The Kier molecular flexibility index (Phi) is 8.41. The van der Waals surface area contributed by atoms with Crippen LogP contribution >= 0.6 is 11.6 Å². The van der Waals surface area contributed by atoms with Crippen molar-refractivity contribution in [1.82, 2.24) is 5.32 Å². The molecule has 0 aliphatic carbocycles. The van der Waals surface area contributed by atoms with Crippen molar-refractivity contribution < 1.29 is 22.7 Å². The van der Waals surface area contributed by atoms with Crippen LogP contribution in [0.1, 0.15) is 12.5 Å². The zero-order chi connectivity index (χ0) is 24.7. The van der Waals surface area contributed by atoms with Gasteiger partial charge >= 0.3 is 0 Å². The van der Waals surface area contributed by atoms with Gasteiger partial charge in [0.2, 0.25) is 15.9 Å². The van der Waals surface area contributed by atoms with Gasteiger partial charge < -0.3 is 14.8 Å². The van der Waals surface area contributed by atoms with Gasteiger partial charge in [0.05, 0.1) is 18.5 Å². The van der Waals surface area contributed by atoms with Crippen LogP contribution in [0.3, 0.4) is 0 Å². The summed E-state index contributed by atoms with van der Waals surface area (Å²) >= 11 is 6.08. The molecule has 0 spiro atoms. The number of amides is 1. The molecule has 0 heterocycles. The van der Waals surface area contributed by atoms with Crippen molar-refractivity contribution in [3.8, 4) is 17.2 Å². The predicted octanol–water partition coefficient (Wildman–Crippen LogP) is 4.79. The lowest BCUT2D eigenvalue weighted by Gasteiger charge is -2.28. The Morgan fingerprint density at radius 1 is 1.00 bits per heavy atom. The van der Waals surface area contributed by atoms with Gasteiger partial charge in [0.1, 0.15) is 29.9 Å². The number of rotatable bonds is 10.